The van der Waals surface area contributed by atoms with Crippen LogP contribution in [0.2, 0.25) is 0 Å². The summed E-state index contributed by atoms with van der Waals surface area (Å²) in [6, 6.07) is 10.5. The highest BCUT2D eigenvalue weighted by Crippen LogP contribution is 2.36. The van der Waals surface area contributed by atoms with Gasteiger partial charge in [0, 0.05) is 44.0 Å². The Kier molecular flexibility index (Phi) is 10.9. The summed E-state index contributed by atoms with van der Waals surface area (Å²) in [7, 11) is 0. The first-order valence-electron chi connectivity index (χ1n) is 18.2. The second kappa shape index (κ2) is 15.3. The number of benzene rings is 2. The number of carboxylic acids is 1. The van der Waals surface area contributed by atoms with E-state index in [-0.39, 0.29) is 36.8 Å². The van der Waals surface area contributed by atoms with Crippen molar-refractivity contribution in [1.82, 2.24) is 19.6 Å². The molecule has 0 saturated carbocycles. The number of phenolic OH excluding ortho intramolecular Hbond substituents is 1. The van der Waals surface area contributed by atoms with Crippen molar-refractivity contribution in [3.8, 4) is 5.75 Å². The van der Waals surface area contributed by atoms with Crippen molar-refractivity contribution in [2.45, 2.75) is 77.3 Å². The molecule has 4 aliphatic heterocycles. The lowest BCUT2D eigenvalue weighted by atomic mass is 9.78. The molecule has 3 atom stereocenters. The molecular formula is C38H51N5O7. The van der Waals surface area contributed by atoms with Gasteiger partial charge in [0.05, 0.1) is 12.5 Å². The van der Waals surface area contributed by atoms with Crippen molar-refractivity contribution in [2.75, 3.05) is 51.1 Å². The van der Waals surface area contributed by atoms with Crippen molar-refractivity contribution in [3.63, 3.8) is 0 Å². The fourth-order valence-electron chi connectivity index (χ4n) is 9.02. The molecule has 0 aromatic heterocycles. The predicted molar refractivity (Wildman–Crippen MR) is 188 cm³/mol. The van der Waals surface area contributed by atoms with E-state index in [4.69, 9.17) is 0 Å². The Bertz CT molecular complexity index is 1560. The maximum atomic E-state index is 14.7. The average Bonchev–Trinajstić information content (AvgIpc) is 3.27. The quantitative estimate of drug-likeness (QED) is 0.308. The molecule has 270 valence electrons. The lowest BCUT2D eigenvalue weighted by Crippen LogP contribution is -2.59. The molecule has 4 amide bonds. The van der Waals surface area contributed by atoms with Crippen molar-refractivity contribution >= 4 is 29.7 Å². The van der Waals surface area contributed by atoms with Gasteiger partial charge < -0.3 is 35.3 Å². The van der Waals surface area contributed by atoms with E-state index in [0.29, 0.717) is 68.3 Å². The molecule has 4 aliphatic rings. The van der Waals surface area contributed by atoms with Crippen molar-refractivity contribution in [2.24, 2.45) is 17.8 Å². The number of carbonyl (C=O) groups is 4. The van der Waals surface area contributed by atoms with Crippen LogP contribution >= 0.6 is 0 Å². The number of para-hydroxylation sites is 1. The number of amides is 4. The van der Waals surface area contributed by atoms with E-state index in [9.17, 15) is 34.5 Å². The zero-order valence-electron chi connectivity index (χ0n) is 29.2. The summed E-state index contributed by atoms with van der Waals surface area (Å²) in [6.45, 7) is 7.21. The summed E-state index contributed by atoms with van der Waals surface area (Å²) in [6.07, 6.45) is 4.43. The van der Waals surface area contributed by atoms with Crippen LogP contribution in [-0.4, -0.2) is 117 Å². The van der Waals surface area contributed by atoms with Gasteiger partial charge in [0.1, 0.15) is 5.75 Å². The standard InChI is InChI=1S/C38H51N5O7/c1-24-19-26(20-25(2)35(24)46)21-31(36(47)41-15-9-28(10-16-41)27-7-13-40(14-8-27)23-34(44)45)33-22-30(12-18-43(33)38(49)50)42-17-11-29-5-3-4-6-32(29)39-37(42)48/h3-6,19-20,27-28,30-31,33,46H,7-18,21-23H2,1-2H3,(H,39,48)(H,44,45)(H,49,50)/t30?,31?,33-/m1/s1. The van der Waals surface area contributed by atoms with Gasteiger partial charge in [-0.3, -0.25) is 14.5 Å². The highest BCUT2D eigenvalue weighted by atomic mass is 16.4. The smallest absolute Gasteiger partial charge is 0.407 e. The van der Waals surface area contributed by atoms with E-state index in [1.807, 2.05) is 64.9 Å². The fourth-order valence-corrected chi connectivity index (χ4v) is 9.02. The number of phenols is 1. The number of carbonyl (C=O) groups excluding carboxylic acids is 2. The zero-order valence-corrected chi connectivity index (χ0v) is 29.2. The fraction of sp³-hybridized carbons (Fsp3) is 0.579. The Morgan fingerprint density at radius 1 is 0.880 bits per heavy atom. The molecule has 6 rings (SSSR count). The first-order chi connectivity index (χ1) is 24.0. The van der Waals surface area contributed by atoms with Gasteiger partial charge in [-0.1, -0.05) is 30.3 Å². The number of nitrogens with one attached hydrogen (secondary N) is 1. The topological polar surface area (TPSA) is 154 Å². The summed E-state index contributed by atoms with van der Waals surface area (Å²) in [5, 5.41) is 33.1. The number of anilines is 1. The van der Waals surface area contributed by atoms with Gasteiger partial charge in [0.15, 0.2) is 0 Å². The number of aryl methyl sites for hydroxylation is 2. The van der Waals surface area contributed by atoms with E-state index >= 15 is 0 Å². The van der Waals surface area contributed by atoms with Crippen LogP contribution in [0.15, 0.2) is 36.4 Å². The van der Waals surface area contributed by atoms with Crippen LogP contribution in [0.5, 0.6) is 5.75 Å². The van der Waals surface area contributed by atoms with Crippen LogP contribution in [-0.2, 0) is 22.4 Å². The van der Waals surface area contributed by atoms with Crippen LogP contribution in [0, 0.1) is 31.6 Å². The molecule has 4 N–H and O–H groups in total. The monoisotopic (exact) mass is 689 g/mol. The summed E-state index contributed by atoms with van der Waals surface area (Å²) >= 11 is 0. The molecule has 0 bridgehead atoms. The SMILES string of the molecule is Cc1cc(CC(C(=O)N2CCC(C3CCN(CC(=O)O)CC3)CC2)[C@H]2CC(N3CCc4ccccc4NC3=O)CCN2C(=O)O)cc(C)c1O. The molecule has 0 spiro atoms. The molecule has 0 aliphatic carbocycles. The maximum Gasteiger partial charge on any atom is 0.407 e. The number of likely N-dealkylation sites (tertiary alicyclic amines) is 3. The number of nitrogens with zero attached hydrogens (tertiary/aromatic N) is 4. The number of aromatic hydroxyl groups is 1. The Hall–Kier alpha value is -4.32. The van der Waals surface area contributed by atoms with Gasteiger partial charge in [-0.05, 0) is 118 Å². The lowest BCUT2D eigenvalue weighted by Gasteiger charge is -2.46. The van der Waals surface area contributed by atoms with Crippen molar-refractivity contribution in [1.29, 1.82) is 0 Å². The molecular weight excluding hydrogens is 638 g/mol. The number of piperidine rings is 3. The van der Waals surface area contributed by atoms with Gasteiger partial charge in [-0.2, -0.15) is 0 Å². The first kappa shape index (κ1) is 35.5. The minimum atomic E-state index is -1.06. The van der Waals surface area contributed by atoms with Crippen LogP contribution in [0.4, 0.5) is 15.3 Å². The van der Waals surface area contributed by atoms with E-state index in [2.05, 4.69) is 5.32 Å². The lowest BCUT2D eigenvalue weighted by molar-refractivity contribution is -0.140. The summed E-state index contributed by atoms with van der Waals surface area (Å²) < 4.78 is 0. The molecule has 3 saturated heterocycles. The number of urea groups is 1. The Balaban J connectivity index is 1.21. The summed E-state index contributed by atoms with van der Waals surface area (Å²) in [5.74, 6) is -0.345. The van der Waals surface area contributed by atoms with E-state index in [1.165, 1.54) is 4.90 Å². The second-order valence-corrected chi connectivity index (χ2v) is 14.8. The number of carboxylic acid groups (broad SMARTS) is 2. The van der Waals surface area contributed by atoms with Gasteiger partial charge in [-0.25, -0.2) is 9.59 Å². The third kappa shape index (κ3) is 7.85. The van der Waals surface area contributed by atoms with Crippen LogP contribution in [0.25, 0.3) is 0 Å². The van der Waals surface area contributed by atoms with Crippen molar-refractivity contribution < 1.29 is 34.5 Å². The average molecular weight is 690 g/mol. The van der Waals surface area contributed by atoms with Crippen LogP contribution < -0.4 is 5.32 Å². The molecule has 2 aromatic rings. The van der Waals surface area contributed by atoms with E-state index in [0.717, 1.165) is 55.6 Å². The minimum Gasteiger partial charge on any atom is -0.507 e. The largest absolute Gasteiger partial charge is 0.507 e. The molecule has 12 heteroatoms. The minimum absolute atomic E-state index is 0.0623. The van der Waals surface area contributed by atoms with Crippen LogP contribution in [0.1, 0.15) is 60.8 Å². The highest BCUT2D eigenvalue weighted by molar-refractivity contribution is 5.91. The Morgan fingerprint density at radius 3 is 2.16 bits per heavy atom. The van der Waals surface area contributed by atoms with Gasteiger partial charge in [0.2, 0.25) is 5.91 Å². The summed E-state index contributed by atoms with van der Waals surface area (Å²) in [4.78, 5) is 59.3. The number of hydrogen-bond donors (Lipinski definition) is 4. The molecule has 3 fully saturated rings. The number of fused-ring (bicyclic) bond motifs is 1. The van der Waals surface area contributed by atoms with Gasteiger partial charge in [-0.15, -0.1) is 0 Å². The van der Waals surface area contributed by atoms with E-state index < -0.39 is 24.0 Å². The normalized spacial score (nSPS) is 23.2. The summed E-state index contributed by atoms with van der Waals surface area (Å²) in [5.41, 5.74) is 4.13. The number of rotatable bonds is 8. The molecule has 0 radical (unpaired) electrons. The molecule has 2 unspecified atom stereocenters. The van der Waals surface area contributed by atoms with Gasteiger partial charge >= 0.3 is 18.1 Å². The predicted octanol–water partition coefficient (Wildman–Crippen LogP) is 4.80. The molecule has 50 heavy (non-hydrogen) atoms. The third-order valence-corrected chi connectivity index (χ3v) is 11.7. The maximum absolute atomic E-state index is 14.7. The zero-order chi connectivity index (χ0) is 35.5. The Labute approximate surface area is 294 Å². The van der Waals surface area contributed by atoms with Crippen molar-refractivity contribution in [3.05, 3.63) is 58.7 Å². The molecule has 2 aromatic carbocycles. The Morgan fingerprint density at radius 2 is 1.52 bits per heavy atom. The molecule has 12 nitrogen and oxygen atoms in total. The number of hydrogen-bond acceptors (Lipinski definition) is 6. The third-order valence-electron chi connectivity index (χ3n) is 11.7. The van der Waals surface area contributed by atoms with E-state index in [1.54, 1.807) is 0 Å². The molecule has 4 heterocycles. The number of aliphatic carboxylic acids is 1. The highest BCUT2D eigenvalue weighted by Gasteiger charge is 2.44. The first-order valence-corrected chi connectivity index (χ1v) is 18.2. The second-order valence-electron chi connectivity index (χ2n) is 14.8. The van der Waals surface area contributed by atoms with Crippen LogP contribution in [0.3, 0.4) is 0 Å². The van der Waals surface area contributed by atoms with Gasteiger partial charge in [0.25, 0.3) is 0 Å².